The van der Waals surface area contributed by atoms with Crippen molar-refractivity contribution >= 4 is 15.9 Å². The lowest BCUT2D eigenvalue weighted by atomic mass is 9.94. The molecule has 132 valence electrons. The smallest absolute Gasteiger partial charge is 0.243 e. The molecule has 0 aliphatic carbocycles. The van der Waals surface area contributed by atoms with Crippen molar-refractivity contribution in [3.05, 3.63) is 30.3 Å². The number of hydrogen-bond acceptors (Lipinski definition) is 3. The van der Waals surface area contributed by atoms with Crippen molar-refractivity contribution in [2.45, 2.75) is 37.5 Å². The van der Waals surface area contributed by atoms with E-state index >= 15 is 0 Å². The van der Waals surface area contributed by atoms with Crippen LogP contribution >= 0.6 is 0 Å². The van der Waals surface area contributed by atoms with Gasteiger partial charge in [0.05, 0.1) is 10.8 Å². The number of rotatable bonds is 3. The van der Waals surface area contributed by atoms with Crippen molar-refractivity contribution in [3.8, 4) is 0 Å². The van der Waals surface area contributed by atoms with E-state index in [4.69, 9.17) is 0 Å². The van der Waals surface area contributed by atoms with E-state index in [1.807, 2.05) is 4.90 Å². The third-order valence-electron chi connectivity index (χ3n) is 5.08. The highest BCUT2D eigenvalue weighted by atomic mass is 32.2. The molecule has 2 heterocycles. The number of hydrogen-bond donors (Lipinski definition) is 0. The van der Waals surface area contributed by atoms with Gasteiger partial charge in [-0.3, -0.25) is 4.79 Å². The predicted octanol–water partition coefficient (Wildman–Crippen LogP) is 2.35. The quantitative estimate of drug-likeness (QED) is 0.841. The lowest BCUT2D eigenvalue weighted by Gasteiger charge is -2.37. The fraction of sp³-hybridized carbons (Fsp3) is 0.611. The first-order valence-corrected chi connectivity index (χ1v) is 10.3. The van der Waals surface area contributed by atoms with Crippen LogP contribution in [0.1, 0.15) is 32.6 Å². The average molecular weight is 350 g/mol. The standard InChI is InChI=1S/C18H26N2O3S/c1-15-7-5-11-19(13-15)18(21)16-8-6-12-20(14-16)24(22,23)17-9-3-2-4-10-17/h2-4,9-10,15-16H,5-8,11-14H2,1H3/t15-,16-/m0/s1. The summed E-state index contributed by atoms with van der Waals surface area (Å²) >= 11 is 0. The van der Waals surface area contributed by atoms with Crippen LogP contribution < -0.4 is 0 Å². The topological polar surface area (TPSA) is 57.7 Å². The Kier molecular flexibility index (Phi) is 5.25. The zero-order valence-corrected chi connectivity index (χ0v) is 15.0. The maximum Gasteiger partial charge on any atom is 0.243 e. The van der Waals surface area contributed by atoms with Crippen molar-refractivity contribution in [1.82, 2.24) is 9.21 Å². The Labute approximate surface area is 144 Å². The Morgan fingerprint density at radius 1 is 1.04 bits per heavy atom. The number of amides is 1. The number of piperidine rings is 2. The summed E-state index contributed by atoms with van der Waals surface area (Å²) in [6, 6.07) is 8.50. The van der Waals surface area contributed by atoms with E-state index in [-0.39, 0.29) is 11.8 Å². The summed E-state index contributed by atoms with van der Waals surface area (Å²) in [5.41, 5.74) is 0. The molecule has 0 bridgehead atoms. The van der Waals surface area contributed by atoms with E-state index in [0.29, 0.717) is 23.9 Å². The fourth-order valence-electron chi connectivity index (χ4n) is 3.75. The maximum absolute atomic E-state index is 12.8. The summed E-state index contributed by atoms with van der Waals surface area (Å²) in [4.78, 5) is 15.1. The maximum atomic E-state index is 12.8. The SMILES string of the molecule is C[C@H]1CCCN(C(=O)[C@H]2CCCN(S(=O)(=O)c3ccccc3)C2)C1. The molecule has 1 aromatic rings. The molecule has 0 unspecified atom stereocenters. The molecule has 2 saturated heterocycles. The highest BCUT2D eigenvalue weighted by Crippen LogP contribution is 2.26. The number of carbonyl (C=O) groups excluding carboxylic acids is 1. The number of carbonyl (C=O) groups is 1. The molecule has 24 heavy (non-hydrogen) atoms. The monoisotopic (exact) mass is 350 g/mol. The van der Waals surface area contributed by atoms with Gasteiger partial charge in [0.2, 0.25) is 15.9 Å². The molecule has 2 aliphatic rings. The van der Waals surface area contributed by atoms with Crippen LogP contribution in [0.4, 0.5) is 0 Å². The van der Waals surface area contributed by atoms with Crippen molar-refractivity contribution in [2.75, 3.05) is 26.2 Å². The average Bonchev–Trinajstić information content (AvgIpc) is 2.62. The summed E-state index contributed by atoms with van der Waals surface area (Å²) in [5.74, 6) is 0.465. The Hall–Kier alpha value is -1.40. The van der Waals surface area contributed by atoms with Crippen LogP contribution in [0.5, 0.6) is 0 Å². The van der Waals surface area contributed by atoms with E-state index < -0.39 is 10.0 Å². The van der Waals surface area contributed by atoms with Gasteiger partial charge >= 0.3 is 0 Å². The number of benzene rings is 1. The molecule has 5 nitrogen and oxygen atoms in total. The number of sulfonamides is 1. The molecule has 2 atom stereocenters. The fourth-order valence-corrected chi connectivity index (χ4v) is 5.30. The van der Waals surface area contributed by atoms with Gasteiger partial charge < -0.3 is 4.90 Å². The van der Waals surface area contributed by atoms with E-state index in [2.05, 4.69) is 6.92 Å². The van der Waals surface area contributed by atoms with Gasteiger partial charge in [0, 0.05) is 26.2 Å². The highest BCUT2D eigenvalue weighted by molar-refractivity contribution is 7.89. The molecular formula is C18H26N2O3S. The van der Waals surface area contributed by atoms with E-state index in [1.54, 1.807) is 30.3 Å². The van der Waals surface area contributed by atoms with E-state index in [1.165, 1.54) is 10.7 Å². The summed E-state index contributed by atoms with van der Waals surface area (Å²) in [6.45, 7) is 4.59. The van der Waals surface area contributed by atoms with E-state index in [9.17, 15) is 13.2 Å². The van der Waals surface area contributed by atoms with Gasteiger partial charge in [-0.15, -0.1) is 0 Å². The number of nitrogens with zero attached hydrogens (tertiary/aromatic N) is 2. The van der Waals surface area contributed by atoms with Crippen LogP contribution in [0.25, 0.3) is 0 Å². The minimum Gasteiger partial charge on any atom is -0.342 e. The second-order valence-corrected chi connectivity index (χ2v) is 8.98. The van der Waals surface area contributed by atoms with Gasteiger partial charge in [0.15, 0.2) is 0 Å². The molecule has 2 fully saturated rings. The van der Waals surface area contributed by atoms with Gasteiger partial charge in [-0.05, 0) is 43.7 Å². The molecule has 1 aromatic carbocycles. The molecular weight excluding hydrogens is 324 g/mol. The first kappa shape index (κ1) is 17.4. The third-order valence-corrected chi connectivity index (χ3v) is 6.96. The van der Waals surface area contributed by atoms with Crippen molar-refractivity contribution < 1.29 is 13.2 Å². The Balaban J connectivity index is 1.71. The van der Waals surface area contributed by atoms with Crippen molar-refractivity contribution in [2.24, 2.45) is 11.8 Å². The second-order valence-electron chi connectivity index (χ2n) is 7.05. The first-order chi connectivity index (χ1) is 11.5. The van der Waals surface area contributed by atoms with Gasteiger partial charge in [-0.2, -0.15) is 4.31 Å². The largest absolute Gasteiger partial charge is 0.342 e. The molecule has 2 aliphatic heterocycles. The molecule has 0 spiro atoms. The molecule has 0 radical (unpaired) electrons. The Bertz CT molecular complexity index is 675. The highest BCUT2D eigenvalue weighted by Gasteiger charge is 2.35. The third kappa shape index (κ3) is 3.64. The molecule has 3 rings (SSSR count). The zero-order valence-electron chi connectivity index (χ0n) is 14.2. The molecule has 6 heteroatoms. The normalized spacial score (nSPS) is 26.3. The van der Waals surface area contributed by atoms with Crippen LogP contribution in [0.3, 0.4) is 0 Å². The van der Waals surface area contributed by atoms with Crippen molar-refractivity contribution in [3.63, 3.8) is 0 Å². The molecule has 0 N–H and O–H groups in total. The summed E-state index contributed by atoms with van der Waals surface area (Å²) in [7, 11) is -3.51. The summed E-state index contributed by atoms with van der Waals surface area (Å²) < 4.78 is 27.1. The van der Waals surface area contributed by atoms with Gasteiger partial charge in [-0.1, -0.05) is 25.1 Å². The minimum atomic E-state index is -3.51. The van der Waals surface area contributed by atoms with E-state index in [0.717, 1.165) is 32.4 Å². The van der Waals surface area contributed by atoms with Crippen LogP contribution in [0.15, 0.2) is 35.2 Å². The minimum absolute atomic E-state index is 0.134. The van der Waals surface area contributed by atoms with Crippen LogP contribution in [0.2, 0.25) is 0 Å². The van der Waals surface area contributed by atoms with Crippen LogP contribution in [-0.2, 0) is 14.8 Å². The molecule has 1 amide bonds. The zero-order chi connectivity index (χ0) is 17.2. The number of likely N-dealkylation sites (tertiary alicyclic amines) is 1. The molecule has 0 aromatic heterocycles. The van der Waals surface area contributed by atoms with Gasteiger partial charge in [0.1, 0.15) is 0 Å². The second kappa shape index (κ2) is 7.23. The van der Waals surface area contributed by atoms with Gasteiger partial charge in [0.25, 0.3) is 0 Å². The summed E-state index contributed by atoms with van der Waals surface area (Å²) in [6.07, 6.45) is 3.74. The van der Waals surface area contributed by atoms with Crippen molar-refractivity contribution in [1.29, 1.82) is 0 Å². The Morgan fingerprint density at radius 3 is 2.46 bits per heavy atom. The Morgan fingerprint density at radius 2 is 1.75 bits per heavy atom. The van der Waals surface area contributed by atoms with Gasteiger partial charge in [-0.25, -0.2) is 8.42 Å². The first-order valence-electron chi connectivity index (χ1n) is 8.82. The van der Waals surface area contributed by atoms with Crippen LogP contribution in [-0.4, -0.2) is 49.7 Å². The summed E-state index contributed by atoms with van der Waals surface area (Å²) in [5, 5.41) is 0. The lowest BCUT2D eigenvalue weighted by molar-refractivity contribution is -0.138. The predicted molar refractivity (Wildman–Crippen MR) is 92.9 cm³/mol. The van der Waals surface area contributed by atoms with Crippen LogP contribution in [0, 0.1) is 11.8 Å². The lowest BCUT2D eigenvalue weighted by Crippen LogP contribution is -2.48. The molecule has 0 saturated carbocycles.